The molecule has 0 saturated carbocycles. The molecule has 0 unspecified atom stereocenters. The highest BCUT2D eigenvalue weighted by molar-refractivity contribution is 5.51. The summed E-state index contributed by atoms with van der Waals surface area (Å²) in [5, 5.41) is 10.9. The van der Waals surface area contributed by atoms with Crippen molar-refractivity contribution in [2.75, 3.05) is 7.11 Å². The number of nitro groups is 1. The van der Waals surface area contributed by atoms with Crippen LogP contribution in [0.2, 0.25) is 0 Å². The molecule has 0 fully saturated rings. The molecule has 0 aliphatic rings. The van der Waals surface area contributed by atoms with Crippen LogP contribution in [0.15, 0.2) is 42.5 Å². The topological polar surface area (TPSA) is 87.6 Å². The maximum absolute atomic E-state index is 10.9. The SMILES string of the molecule is COc1ccc(Oc2ccc(CN)cc2)cc1[N+](=O)[O-]. The van der Waals surface area contributed by atoms with Gasteiger partial charge in [0.1, 0.15) is 11.5 Å². The van der Waals surface area contributed by atoms with Crippen LogP contribution in [-0.2, 0) is 6.54 Å². The van der Waals surface area contributed by atoms with Gasteiger partial charge in [-0.25, -0.2) is 0 Å². The van der Waals surface area contributed by atoms with Gasteiger partial charge in [-0.05, 0) is 29.8 Å². The van der Waals surface area contributed by atoms with Crippen LogP contribution < -0.4 is 15.2 Å². The van der Waals surface area contributed by atoms with E-state index in [-0.39, 0.29) is 11.4 Å². The summed E-state index contributed by atoms with van der Waals surface area (Å²) in [7, 11) is 1.38. The predicted molar refractivity (Wildman–Crippen MR) is 74.1 cm³/mol. The number of hydrogen-bond acceptors (Lipinski definition) is 5. The molecular weight excluding hydrogens is 260 g/mol. The Bertz CT molecular complexity index is 611. The van der Waals surface area contributed by atoms with Crippen LogP contribution in [0.25, 0.3) is 0 Å². The third kappa shape index (κ3) is 3.04. The molecule has 20 heavy (non-hydrogen) atoms. The van der Waals surface area contributed by atoms with E-state index in [1.807, 2.05) is 12.1 Å². The summed E-state index contributed by atoms with van der Waals surface area (Å²) < 4.78 is 10.5. The van der Waals surface area contributed by atoms with Gasteiger partial charge in [0.25, 0.3) is 0 Å². The van der Waals surface area contributed by atoms with Gasteiger partial charge in [-0.15, -0.1) is 0 Å². The monoisotopic (exact) mass is 274 g/mol. The van der Waals surface area contributed by atoms with Crippen molar-refractivity contribution in [3.05, 3.63) is 58.1 Å². The molecule has 6 heteroatoms. The zero-order chi connectivity index (χ0) is 14.5. The Morgan fingerprint density at radius 1 is 1.15 bits per heavy atom. The van der Waals surface area contributed by atoms with Crippen molar-refractivity contribution in [1.82, 2.24) is 0 Å². The first-order valence-electron chi connectivity index (χ1n) is 5.93. The second-order valence-electron chi connectivity index (χ2n) is 4.04. The Kier molecular flexibility index (Phi) is 4.17. The number of nitro benzene ring substituents is 1. The second-order valence-corrected chi connectivity index (χ2v) is 4.04. The molecule has 6 nitrogen and oxygen atoms in total. The first-order valence-corrected chi connectivity index (χ1v) is 5.93. The minimum Gasteiger partial charge on any atom is -0.490 e. The number of hydrogen-bond donors (Lipinski definition) is 1. The van der Waals surface area contributed by atoms with E-state index >= 15 is 0 Å². The number of nitrogens with two attached hydrogens (primary N) is 1. The third-order valence-electron chi connectivity index (χ3n) is 2.74. The molecule has 0 bridgehead atoms. The lowest BCUT2D eigenvalue weighted by molar-refractivity contribution is -0.385. The Morgan fingerprint density at radius 3 is 2.35 bits per heavy atom. The Balaban J connectivity index is 2.24. The minimum absolute atomic E-state index is 0.136. The van der Waals surface area contributed by atoms with Crippen LogP contribution in [0.4, 0.5) is 5.69 Å². The molecule has 0 radical (unpaired) electrons. The fourth-order valence-corrected chi connectivity index (χ4v) is 1.71. The molecule has 2 rings (SSSR count). The summed E-state index contributed by atoms with van der Waals surface area (Å²) in [6.07, 6.45) is 0. The maximum Gasteiger partial charge on any atom is 0.314 e. The standard InChI is InChI=1S/C14H14N2O4/c1-19-14-7-6-12(8-13(14)16(17)18)20-11-4-2-10(9-15)3-5-11/h2-8H,9,15H2,1H3. The van der Waals surface area contributed by atoms with E-state index < -0.39 is 4.92 Å². The van der Waals surface area contributed by atoms with Gasteiger partial charge in [-0.2, -0.15) is 0 Å². The van der Waals surface area contributed by atoms with Gasteiger partial charge in [0.2, 0.25) is 0 Å². The van der Waals surface area contributed by atoms with Gasteiger partial charge in [0, 0.05) is 6.54 Å². The number of nitrogens with zero attached hydrogens (tertiary/aromatic N) is 1. The molecule has 2 aromatic carbocycles. The molecule has 104 valence electrons. The Hall–Kier alpha value is -2.60. The fraction of sp³-hybridized carbons (Fsp3) is 0.143. The second kappa shape index (κ2) is 6.03. The van der Waals surface area contributed by atoms with Crippen LogP contribution in [0.3, 0.4) is 0 Å². The van der Waals surface area contributed by atoms with Crippen molar-refractivity contribution >= 4 is 5.69 Å². The lowest BCUT2D eigenvalue weighted by atomic mass is 10.2. The summed E-state index contributed by atoms with van der Waals surface area (Å²) in [5.41, 5.74) is 6.36. The third-order valence-corrected chi connectivity index (χ3v) is 2.74. The van der Waals surface area contributed by atoms with E-state index in [1.165, 1.54) is 19.2 Å². The highest BCUT2D eigenvalue weighted by Gasteiger charge is 2.16. The van der Waals surface area contributed by atoms with Gasteiger partial charge < -0.3 is 15.2 Å². The van der Waals surface area contributed by atoms with E-state index in [4.69, 9.17) is 15.2 Å². The average Bonchev–Trinajstić information content (AvgIpc) is 2.48. The van der Waals surface area contributed by atoms with Gasteiger partial charge in [0.15, 0.2) is 5.75 Å². The molecule has 0 amide bonds. The minimum atomic E-state index is -0.511. The molecule has 0 aliphatic carbocycles. The van der Waals surface area contributed by atoms with Crippen molar-refractivity contribution < 1.29 is 14.4 Å². The van der Waals surface area contributed by atoms with Gasteiger partial charge in [-0.3, -0.25) is 10.1 Å². The van der Waals surface area contributed by atoms with E-state index in [1.54, 1.807) is 18.2 Å². The normalized spacial score (nSPS) is 10.1. The highest BCUT2D eigenvalue weighted by Crippen LogP contribution is 2.32. The highest BCUT2D eigenvalue weighted by atomic mass is 16.6. The van der Waals surface area contributed by atoms with E-state index in [0.717, 1.165) is 5.56 Å². The average molecular weight is 274 g/mol. The molecule has 0 heterocycles. The number of rotatable bonds is 5. The van der Waals surface area contributed by atoms with Crippen LogP contribution >= 0.6 is 0 Å². The fourth-order valence-electron chi connectivity index (χ4n) is 1.71. The van der Waals surface area contributed by atoms with Crippen molar-refractivity contribution in [3.8, 4) is 17.2 Å². The van der Waals surface area contributed by atoms with Crippen molar-refractivity contribution in [1.29, 1.82) is 0 Å². The van der Waals surface area contributed by atoms with Crippen molar-refractivity contribution in [2.45, 2.75) is 6.54 Å². The maximum atomic E-state index is 10.9. The predicted octanol–water partition coefficient (Wildman–Crippen LogP) is 2.85. The van der Waals surface area contributed by atoms with Gasteiger partial charge in [0.05, 0.1) is 18.1 Å². The molecule has 2 aromatic rings. The van der Waals surface area contributed by atoms with Crippen molar-refractivity contribution in [3.63, 3.8) is 0 Å². The van der Waals surface area contributed by atoms with Crippen molar-refractivity contribution in [2.24, 2.45) is 5.73 Å². The van der Waals surface area contributed by atoms with Crippen LogP contribution in [0, 0.1) is 10.1 Å². The van der Waals surface area contributed by atoms with Gasteiger partial charge >= 0.3 is 5.69 Å². The zero-order valence-electron chi connectivity index (χ0n) is 10.9. The first kappa shape index (κ1) is 13.8. The molecule has 0 saturated heterocycles. The summed E-state index contributed by atoms with van der Waals surface area (Å²) in [5.74, 6) is 1.15. The largest absolute Gasteiger partial charge is 0.490 e. The van der Waals surface area contributed by atoms with Crippen LogP contribution in [0.1, 0.15) is 5.56 Å². The smallest absolute Gasteiger partial charge is 0.314 e. The summed E-state index contributed by atoms with van der Waals surface area (Å²) in [6.45, 7) is 0.453. The van der Waals surface area contributed by atoms with Crippen LogP contribution in [-0.4, -0.2) is 12.0 Å². The van der Waals surface area contributed by atoms with Crippen LogP contribution in [0.5, 0.6) is 17.2 Å². The summed E-state index contributed by atoms with van der Waals surface area (Å²) >= 11 is 0. The Labute approximate surface area is 115 Å². The molecule has 0 aliphatic heterocycles. The molecule has 0 aromatic heterocycles. The first-order chi connectivity index (χ1) is 9.63. The van der Waals surface area contributed by atoms with E-state index in [2.05, 4.69) is 0 Å². The number of ether oxygens (including phenoxy) is 2. The zero-order valence-corrected chi connectivity index (χ0v) is 10.9. The number of methoxy groups -OCH3 is 1. The molecule has 2 N–H and O–H groups in total. The summed E-state index contributed by atoms with van der Waals surface area (Å²) in [4.78, 5) is 10.4. The lowest BCUT2D eigenvalue weighted by Gasteiger charge is -2.08. The van der Waals surface area contributed by atoms with E-state index in [0.29, 0.717) is 18.0 Å². The molecule has 0 atom stereocenters. The number of benzene rings is 2. The Morgan fingerprint density at radius 2 is 1.80 bits per heavy atom. The lowest BCUT2D eigenvalue weighted by Crippen LogP contribution is -1.96. The van der Waals surface area contributed by atoms with E-state index in [9.17, 15) is 10.1 Å². The van der Waals surface area contributed by atoms with Gasteiger partial charge in [-0.1, -0.05) is 12.1 Å². The summed E-state index contributed by atoms with van der Waals surface area (Å²) in [6, 6.07) is 11.6. The molecular formula is C14H14N2O4. The quantitative estimate of drug-likeness (QED) is 0.669. The molecule has 0 spiro atoms.